The van der Waals surface area contributed by atoms with Gasteiger partial charge in [0, 0.05) is 5.75 Å². The molecule has 0 aromatic heterocycles. The van der Waals surface area contributed by atoms with Crippen molar-refractivity contribution in [2.24, 2.45) is 0 Å². The van der Waals surface area contributed by atoms with Crippen LogP contribution >= 0.6 is 23.5 Å². The molecule has 0 atom stereocenters. The summed E-state index contributed by atoms with van der Waals surface area (Å²) in [5, 5.41) is 1.96. The molecule has 0 aliphatic carbocycles. The number of hydrogen-bond acceptors (Lipinski definition) is 5. The molecule has 3 amide bonds. The predicted octanol–water partition coefficient (Wildman–Crippen LogP) is 2.74. The molecule has 1 aliphatic heterocycles. The Hall–Kier alpha value is -1.47. The van der Waals surface area contributed by atoms with Crippen molar-refractivity contribution >= 4 is 40.6 Å². The molecule has 0 unspecified atom stereocenters. The predicted molar refractivity (Wildman–Crippen MR) is 85.6 cm³/mol. The molecule has 1 aliphatic rings. The van der Waals surface area contributed by atoms with Crippen LogP contribution in [0.1, 0.15) is 27.6 Å². The lowest BCUT2D eigenvalue weighted by molar-refractivity contribution is 0.0248. The number of rotatable bonds is 5. The first-order valence-corrected chi connectivity index (χ1v) is 8.90. The number of thioether (sulfide) groups is 2. The van der Waals surface area contributed by atoms with Crippen LogP contribution in [0.25, 0.3) is 0 Å². The van der Waals surface area contributed by atoms with E-state index in [-0.39, 0.29) is 5.24 Å². The second kappa shape index (κ2) is 7.00. The van der Waals surface area contributed by atoms with Gasteiger partial charge in [-0.2, -0.15) is 16.8 Å². The van der Waals surface area contributed by atoms with E-state index < -0.39 is 11.8 Å². The van der Waals surface area contributed by atoms with Crippen molar-refractivity contribution in [2.45, 2.75) is 6.92 Å². The summed E-state index contributed by atoms with van der Waals surface area (Å²) in [5.74, 6) is 0.393. The molecule has 0 bridgehead atoms. The van der Waals surface area contributed by atoms with Crippen LogP contribution in [-0.2, 0) is 0 Å². The van der Waals surface area contributed by atoms with Gasteiger partial charge in [0.25, 0.3) is 11.8 Å². The number of benzene rings is 1. The summed E-state index contributed by atoms with van der Waals surface area (Å²) in [6.45, 7) is 2.19. The summed E-state index contributed by atoms with van der Waals surface area (Å²) in [6, 6.07) is 6.64. The van der Waals surface area contributed by atoms with Crippen molar-refractivity contribution in [3.05, 3.63) is 35.4 Å². The first-order valence-electron chi connectivity index (χ1n) is 6.52. The molecule has 0 saturated heterocycles. The fraction of sp³-hybridized carbons (Fsp3) is 0.357. The highest BCUT2D eigenvalue weighted by Crippen LogP contribution is 2.26. The standard InChI is InChI=1S/C14H16N2O3S2/c1-3-21-14(19)15(8-9-20-2)16-12(17)10-6-4-5-7-11(10)13(16)18/h4-7H,3,8-9H2,1-2H3. The number of imide groups is 1. The van der Waals surface area contributed by atoms with Crippen LogP contribution in [-0.4, -0.2) is 51.4 Å². The fourth-order valence-corrected chi connectivity index (χ4v) is 2.97. The fourth-order valence-electron chi connectivity index (χ4n) is 2.04. The minimum Gasteiger partial charge on any atom is -0.267 e. The van der Waals surface area contributed by atoms with E-state index >= 15 is 0 Å². The van der Waals surface area contributed by atoms with Gasteiger partial charge in [0.2, 0.25) is 0 Å². The Balaban J connectivity index is 2.31. The number of hydrazine groups is 1. The van der Waals surface area contributed by atoms with Gasteiger partial charge in [-0.3, -0.25) is 14.4 Å². The number of carbonyl (C=O) groups is 3. The molecule has 5 nitrogen and oxygen atoms in total. The summed E-state index contributed by atoms with van der Waals surface area (Å²) >= 11 is 2.65. The van der Waals surface area contributed by atoms with Crippen molar-refractivity contribution in [3.63, 3.8) is 0 Å². The number of amides is 3. The van der Waals surface area contributed by atoms with E-state index in [2.05, 4.69) is 0 Å². The average molecular weight is 324 g/mol. The van der Waals surface area contributed by atoms with Crippen molar-refractivity contribution in [1.82, 2.24) is 10.0 Å². The Kier molecular flexibility index (Phi) is 5.30. The first kappa shape index (κ1) is 15.9. The number of nitrogens with zero attached hydrogens (tertiary/aromatic N) is 2. The SMILES string of the molecule is CCSC(=O)N(CCSC)N1C(=O)c2ccccc2C1=O. The maximum Gasteiger partial charge on any atom is 0.300 e. The molecule has 112 valence electrons. The van der Waals surface area contributed by atoms with Gasteiger partial charge in [0.1, 0.15) is 0 Å². The van der Waals surface area contributed by atoms with Crippen molar-refractivity contribution in [2.75, 3.05) is 24.3 Å². The largest absolute Gasteiger partial charge is 0.300 e. The normalized spacial score (nSPS) is 13.5. The molecule has 1 aromatic carbocycles. The van der Waals surface area contributed by atoms with E-state index in [9.17, 15) is 14.4 Å². The van der Waals surface area contributed by atoms with Crippen LogP contribution in [0.2, 0.25) is 0 Å². The molecule has 0 radical (unpaired) electrons. The molecule has 0 spiro atoms. The lowest BCUT2D eigenvalue weighted by Gasteiger charge is -2.29. The van der Waals surface area contributed by atoms with Crippen LogP contribution < -0.4 is 0 Å². The van der Waals surface area contributed by atoms with Crippen molar-refractivity contribution in [3.8, 4) is 0 Å². The highest BCUT2D eigenvalue weighted by molar-refractivity contribution is 8.13. The number of hydrogen-bond donors (Lipinski definition) is 0. The van der Waals surface area contributed by atoms with Gasteiger partial charge in [-0.1, -0.05) is 30.8 Å². The molecular formula is C14H16N2O3S2. The quantitative estimate of drug-likeness (QED) is 0.780. The monoisotopic (exact) mass is 324 g/mol. The molecular weight excluding hydrogens is 308 g/mol. The third kappa shape index (κ3) is 3.08. The Morgan fingerprint density at radius 3 is 2.24 bits per heavy atom. The summed E-state index contributed by atoms with van der Waals surface area (Å²) in [4.78, 5) is 37.0. The summed E-state index contributed by atoms with van der Waals surface area (Å²) < 4.78 is 0. The number of fused-ring (bicyclic) bond motifs is 1. The van der Waals surface area contributed by atoms with Crippen LogP contribution in [0.3, 0.4) is 0 Å². The maximum atomic E-state index is 12.4. The summed E-state index contributed by atoms with van der Waals surface area (Å²) in [6.07, 6.45) is 1.91. The minimum atomic E-state index is -0.429. The van der Waals surface area contributed by atoms with Gasteiger partial charge < -0.3 is 0 Å². The van der Waals surface area contributed by atoms with E-state index in [4.69, 9.17) is 0 Å². The molecule has 1 aromatic rings. The second-order valence-electron chi connectivity index (χ2n) is 4.28. The van der Waals surface area contributed by atoms with Crippen LogP contribution in [0.4, 0.5) is 4.79 Å². The molecule has 1 heterocycles. The van der Waals surface area contributed by atoms with E-state index in [1.54, 1.807) is 36.0 Å². The van der Waals surface area contributed by atoms with E-state index in [1.807, 2.05) is 13.2 Å². The molecule has 21 heavy (non-hydrogen) atoms. The Bertz CT molecular complexity index is 542. The zero-order chi connectivity index (χ0) is 15.4. The summed E-state index contributed by atoms with van der Waals surface area (Å²) in [7, 11) is 0. The van der Waals surface area contributed by atoms with E-state index in [0.717, 1.165) is 16.8 Å². The third-order valence-corrected chi connectivity index (χ3v) is 4.34. The van der Waals surface area contributed by atoms with Gasteiger partial charge in [-0.15, -0.1) is 0 Å². The molecule has 0 N–H and O–H groups in total. The van der Waals surface area contributed by atoms with Gasteiger partial charge >= 0.3 is 5.24 Å². The van der Waals surface area contributed by atoms with Crippen LogP contribution in [0, 0.1) is 0 Å². The highest BCUT2D eigenvalue weighted by atomic mass is 32.2. The van der Waals surface area contributed by atoms with E-state index in [0.29, 0.717) is 29.2 Å². The molecule has 2 rings (SSSR count). The van der Waals surface area contributed by atoms with E-state index in [1.165, 1.54) is 5.01 Å². The van der Waals surface area contributed by atoms with Gasteiger partial charge in [0.15, 0.2) is 0 Å². The lowest BCUT2D eigenvalue weighted by Crippen LogP contribution is -2.49. The van der Waals surface area contributed by atoms with Gasteiger partial charge in [-0.25, -0.2) is 5.01 Å². The Morgan fingerprint density at radius 2 is 1.76 bits per heavy atom. The topological polar surface area (TPSA) is 57.7 Å². The van der Waals surface area contributed by atoms with Crippen LogP contribution in [0.15, 0.2) is 24.3 Å². The molecule has 7 heteroatoms. The second-order valence-corrected chi connectivity index (χ2v) is 6.48. The average Bonchev–Trinajstić information content (AvgIpc) is 2.73. The number of carbonyl (C=O) groups excluding carboxylic acids is 3. The van der Waals surface area contributed by atoms with Crippen LogP contribution in [0.5, 0.6) is 0 Å². The Labute approximate surface area is 132 Å². The zero-order valence-corrected chi connectivity index (χ0v) is 13.5. The molecule has 0 saturated carbocycles. The van der Waals surface area contributed by atoms with Gasteiger partial charge in [0.05, 0.1) is 17.7 Å². The van der Waals surface area contributed by atoms with Gasteiger partial charge in [-0.05, 0) is 24.1 Å². The smallest absolute Gasteiger partial charge is 0.267 e. The zero-order valence-electron chi connectivity index (χ0n) is 11.9. The highest BCUT2D eigenvalue weighted by Gasteiger charge is 2.40. The Morgan fingerprint density at radius 1 is 1.19 bits per heavy atom. The lowest BCUT2D eigenvalue weighted by atomic mass is 10.1. The third-order valence-electron chi connectivity index (χ3n) is 3.00. The maximum absolute atomic E-state index is 12.4. The van der Waals surface area contributed by atoms with Crippen molar-refractivity contribution in [1.29, 1.82) is 0 Å². The van der Waals surface area contributed by atoms with Crippen molar-refractivity contribution < 1.29 is 14.4 Å². The summed E-state index contributed by atoms with van der Waals surface area (Å²) in [5.41, 5.74) is 0.705. The first-order chi connectivity index (χ1) is 10.1. The minimum absolute atomic E-state index is 0.277. The molecule has 0 fully saturated rings.